The van der Waals surface area contributed by atoms with Crippen molar-refractivity contribution in [2.45, 2.75) is 11.3 Å². The van der Waals surface area contributed by atoms with E-state index in [1.54, 1.807) is 24.3 Å². The van der Waals surface area contributed by atoms with Gasteiger partial charge in [-0.05, 0) is 18.2 Å². The average Bonchev–Trinajstić information content (AvgIpc) is 3.14. The summed E-state index contributed by atoms with van der Waals surface area (Å²) in [5.74, 6) is -0.345. The lowest BCUT2D eigenvalue weighted by molar-refractivity contribution is -0.387. The third-order valence-corrected chi connectivity index (χ3v) is 6.53. The minimum Gasteiger partial charge on any atom is -0.352 e. The van der Waals surface area contributed by atoms with Crippen LogP contribution in [0.1, 0.15) is 15.4 Å². The number of nitrogens with one attached hydrogen (secondary N) is 2. The molecular formula is C17H14ClN5O5S2. The second-order valence-corrected chi connectivity index (χ2v) is 8.94. The van der Waals surface area contributed by atoms with Crippen LogP contribution in [0.25, 0.3) is 0 Å². The van der Waals surface area contributed by atoms with Crippen LogP contribution in [-0.2, 0) is 16.4 Å². The van der Waals surface area contributed by atoms with Gasteiger partial charge in [0.1, 0.15) is 5.01 Å². The van der Waals surface area contributed by atoms with Crippen LogP contribution in [-0.4, -0.2) is 36.0 Å². The van der Waals surface area contributed by atoms with Gasteiger partial charge in [0.25, 0.3) is 21.6 Å². The summed E-state index contributed by atoms with van der Waals surface area (Å²) < 4.78 is 27.2. The fourth-order valence-electron chi connectivity index (χ4n) is 2.42. The first-order valence-electron chi connectivity index (χ1n) is 8.39. The van der Waals surface area contributed by atoms with Gasteiger partial charge in [-0.15, -0.1) is 10.2 Å². The van der Waals surface area contributed by atoms with E-state index < -0.39 is 25.5 Å². The highest BCUT2D eigenvalue weighted by Crippen LogP contribution is 2.26. The van der Waals surface area contributed by atoms with Gasteiger partial charge in [-0.25, -0.2) is 8.42 Å². The topological polar surface area (TPSA) is 144 Å². The van der Waals surface area contributed by atoms with Crippen LogP contribution in [0.5, 0.6) is 0 Å². The number of hydrogen-bond acceptors (Lipinski definition) is 8. The molecule has 0 unspecified atom stereocenters. The molecule has 1 aromatic heterocycles. The zero-order valence-electron chi connectivity index (χ0n) is 15.1. The number of para-hydroxylation sites is 1. The zero-order chi connectivity index (χ0) is 21.7. The molecule has 0 bridgehead atoms. The molecule has 0 aliphatic heterocycles. The number of carbonyl (C=O) groups excluding carboxylic acids is 1. The van der Waals surface area contributed by atoms with Crippen molar-refractivity contribution in [2.75, 3.05) is 11.3 Å². The molecule has 30 heavy (non-hydrogen) atoms. The van der Waals surface area contributed by atoms with Crippen molar-refractivity contribution in [3.8, 4) is 0 Å². The Morgan fingerprint density at radius 2 is 1.83 bits per heavy atom. The normalized spacial score (nSPS) is 11.1. The fourth-order valence-corrected chi connectivity index (χ4v) is 4.79. The highest BCUT2D eigenvalue weighted by atomic mass is 35.5. The standard InChI is InChI=1S/C17H14ClN5O5S2/c18-12-6-2-1-5-11(12)16(24)19-10-9-15-20-21-17(29-15)22-30(27,28)14-8-4-3-7-13(14)23(25)26/h1-8H,9-10H2,(H,19,24)(H,21,22). The predicted octanol–water partition coefficient (Wildman–Crippen LogP) is 2.87. The maximum absolute atomic E-state index is 12.5. The minimum absolute atomic E-state index is 0.0411. The van der Waals surface area contributed by atoms with E-state index >= 15 is 0 Å². The van der Waals surface area contributed by atoms with E-state index in [0.717, 1.165) is 23.5 Å². The predicted molar refractivity (Wildman–Crippen MR) is 111 cm³/mol. The monoisotopic (exact) mass is 467 g/mol. The van der Waals surface area contributed by atoms with Crippen molar-refractivity contribution in [1.29, 1.82) is 0 Å². The molecule has 0 aliphatic rings. The van der Waals surface area contributed by atoms with Gasteiger partial charge in [0, 0.05) is 19.0 Å². The Balaban J connectivity index is 1.62. The summed E-state index contributed by atoms with van der Waals surface area (Å²) in [6, 6.07) is 11.6. The Bertz CT molecular complexity index is 1200. The molecule has 0 aliphatic carbocycles. The Kier molecular flexibility index (Phi) is 6.59. The molecule has 3 rings (SSSR count). The summed E-state index contributed by atoms with van der Waals surface area (Å²) >= 11 is 6.93. The van der Waals surface area contributed by atoms with E-state index in [0.29, 0.717) is 22.0 Å². The van der Waals surface area contributed by atoms with E-state index in [2.05, 4.69) is 20.2 Å². The van der Waals surface area contributed by atoms with Crippen molar-refractivity contribution in [3.63, 3.8) is 0 Å². The van der Waals surface area contributed by atoms with Crippen molar-refractivity contribution in [3.05, 3.63) is 74.2 Å². The molecule has 1 amide bonds. The van der Waals surface area contributed by atoms with Crippen molar-refractivity contribution < 1.29 is 18.1 Å². The lowest BCUT2D eigenvalue weighted by Crippen LogP contribution is -2.25. The SMILES string of the molecule is O=C(NCCc1nnc(NS(=O)(=O)c2ccccc2[N+](=O)[O-])s1)c1ccccc1Cl. The number of nitrogens with zero attached hydrogens (tertiary/aromatic N) is 3. The van der Waals surface area contributed by atoms with Crippen LogP contribution >= 0.6 is 22.9 Å². The van der Waals surface area contributed by atoms with Crippen molar-refractivity contribution in [1.82, 2.24) is 15.5 Å². The zero-order valence-corrected chi connectivity index (χ0v) is 17.5. The van der Waals surface area contributed by atoms with Gasteiger partial charge >= 0.3 is 0 Å². The molecule has 0 saturated carbocycles. The van der Waals surface area contributed by atoms with E-state index in [1.165, 1.54) is 12.1 Å². The summed E-state index contributed by atoms with van der Waals surface area (Å²) in [6.07, 6.45) is 0.307. The lowest BCUT2D eigenvalue weighted by Gasteiger charge is -2.05. The van der Waals surface area contributed by atoms with E-state index in [4.69, 9.17) is 11.6 Å². The molecule has 0 atom stereocenters. The molecule has 2 N–H and O–H groups in total. The van der Waals surface area contributed by atoms with Crippen LogP contribution < -0.4 is 10.0 Å². The summed E-state index contributed by atoms with van der Waals surface area (Å²) in [5.41, 5.74) is -0.202. The van der Waals surface area contributed by atoms with Gasteiger partial charge in [0.2, 0.25) is 5.13 Å². The summed E-state index contributed by atoms with van der Waals surface area (Å²) in [5, 5.41) is 22.1. The number of carbonyl (C=O) groups is 1. The number of halogens is 1. The van der Waals surface area contributed by atoms with Gasteiger partial charge in [0.15, 0.2) is 4.90 Å². The lowest BCUT2D eigenvalue weighted by atomic mass is 10.2. The first-order valence-corrected chi connectivity index (χ1v) is 11.1. The van der Waals surface area contributed by atoms with Crippen LogP contribution in [0.15, 0.2) is 53.4 Å². The molecule has 156 valence electrons. The molecule has 3 aromatic rings. The molecule has 0 fully saturated rings. The molecule has 2 aromatic carbocycles. The smallest absolute Gasteiger partial charge is 0.289 e. The largest absolute Gasteiger partial charge is 0.352 e. The van der Waals surface area contributed by atoms with E-state index in [-0.39, 0.29) is 17.6 Å². The summed E-state index contributed by atoms with van der Waals surface area (Å²) in [4.78, 5) is 21.9. The Hall–Kier alpha value is -3.09. The molecule has 1 heterocycles. The number of hydrogen-bond donors (Lipinski definition) is 2. The van der Waals surface area contributed by atoms with E-state index in [9.17, 15) is 23.3 Å². The van der Waals surface area contributed by atoms with Gasteiger partial charge in [0.05, 0.1) is 15.5 Å². The van der Waals surface area contributed by atoms with Gasteiger partial charge in [-0.2, -0.15) is 0 Å². The Morgan fingerprint density at radius 1 is 1.13 bits per heavy atom. The van der Waals surface area contributed by atoms with Crippen LogP contribution in [0, 0.1) is 10.1 Å². The quantitative estimate of drug-likeness (QED) is 0.382. The highest BCUT2D eigenvalue weighted by molar-refractivity contribution is 7.93. The summed E-state index contributed by atoms with van der Waals surface area (Å²) in [6.45, 7) is 0.232. The number of sulfonamides is 1. The third-order valence-electron chi connectivity index (χ3n) is 3.78. The number of aromatic nitrogens is 2. The summed E-state index contributed by atoms with van der Waals surface area (Å²) in [7, 11) is -4.22. The number of nitro groups is 1. The van der Waals surface area contributed by atoms with Gasteiger partial charge in [-0.1, -0.05) is 47.2 Å². The Morgan fingerprint density at radius 3 is 2.57 bits per heavy atom. The molecule has 0 spiro atoms. The number of anilines is 1. The fraction of sp³-hybridized carbons (Fsp3) is 0.118. The third kappa shape index (κ3) is 5.09. The maximum Gasteiger partial charge on any atom is 0.289 e. The van der Waals surface area contributed by atoms with Crippen LogP contribution in [0.3, 0.4) is 0 Å². The van der Waals surface area contributed by atoms with Crippen LogP contribution in [0.4, 0.5) is 10.8 Å². The maximum atomic E-state index is 12.5. The average molecular weight is 468 g/mol. The second kappa shape index (κ2) is 9.15. The molecule has 13 heteroatoms. The minimum atomic E-state index is -4.22. The molecule has 0 radical (unpaired) electrons. The van der Waals surface area contributed by atoms with Crippen molar-refractivity contribution in [2.24, 2.45) is 0 Å². The van der Waals surface area contributed by atoms with Crippen LogP contribution in [0.2, 0.25) is 5.02 Å². The van der Waals surface area contributed by atoms with Gasteiger partial charge in [-0.3, -0.25) is 19.6 Å². The van der Waals surface area contributed by atoms with Crippen molar-refractivity contribution >= 4 is 49.7 Å². The number of rotatable bonds is 8. The molecular weight excluding hydrogens is 454 g/mol. The number of benzene rings is 2. The Labute approximate surface area is 180 Å². The highest BCUT2D eigenvalue weighted by Gasteiger charge is 2.26. The first kappa shape index (κ1) is 21.6. The van der Waals surface area contributed by atoms with Gasteiger partial charge < -0.3 is 5.32 Å². The molecule has 0 saturated heterocycles. The number of amides is 1. The first-order chi connectivity index (χ1) is 14.3. The second-order valence-electron chi connectivity index (χ2n) is 5.82. The van der Waals surface area contributed by atoms with E-state index in [1.807, 2.05) is 0 Å². The number of nitro benzene ring substituents is 1. The molecule has 10 nitrogen and oxygen atoms in total.